The van der Waals surface area contributed by atoms with Gasteiger partial charge in [-0.25, -0.2) is 4.98 Å². The number of amides is 1. The minimum absolute atomic E-state index is 0.110. The van der Waals surface area contributed by atoms with E-state index in [1.165, 1.54) is 37.5 Å². The predicted octanol–water partition coefficient (Wildman–Crippen LogP) is 5.40. The molecule has 0 radical (unpaired) electrons. The number of ether oxygens (including phenoxy) is 2. The van der Waals surface area contributed by atoms with Crippen LogP contribution in [-0.2, 0) is 11.0 Å². The second-order valence-electron chi connectivity index (χ2n) is 7.91. The molecule has 0 atom stereocenters. The highest BCUT2D eigenvalue weighted by Gasteiger charge is 2.35. The molecule has 4 rings (SSSR count). The molecule has 0 spiro atoms. The van der Waals surface area contributed by atoms with Crippen LogP contribution in [0.4, 0.5) is 24.8 Å². The fourth-order valence-electron chi connectivity index (χ4n) is 3.45. The van der Waals surface area contributed by atoms with Crippen molar-refractivity contribution in [3.05, 3.63) is 78.1 Å². The van der Waals surface area contributed by atoms with Gasteiger partial charge in [0.1, 0.15) is 22.9 Å². The summed E-state index contributed by atoms with van der Waals surface area (Å²) in [7, 11) is 1.50. The number of fused-ring (bicyclic) bond motifs is 1. The Labute approximate surface area is 214 Å². The van der Waals surface area contributed by atoms with Gasteiger partial charge < -0.3 is 25.1 Å². The Bertz CT molecular complexity index is 1510. The van der Waals surface area contributed by atoms with Crippen LogP contribution in [0.15, 0.2) is 66.9 Å². The lowest BCUT2D eigenvalue weighted by Gasteiger charge is -2.15. The van der Waals surface area contributed by atoms with Gasteiger partial charge in [-0.15, -0.1) is 0 Å². The number of H-pyrrole nitrogens is 1. The van der Waals surface area contributed by atoms with Gasteiger partial charge in [-0.1, -0.05) is 6.08 Å². The maximum absolute atomic E-state index is 13.6. The van der Waals surface area contributed by atoms with Gasteiger partial charge >= 0.3 is 6.18 Å². The smallest absolute Gasteiger partial charge is 0.420 e. The van der Waals surface area contributed by atoms with Gasteiger partial charge in [-0.3, -0.25) is 14.6 Å². The van der Waals surface area contributed by atoms with Crippen LogP contribution in [-0.4, -0.2) is 40.3 Å². The molecule has 2 aromatic carbocycles. The normalized spacial score (nSPS) is 11.5. The lowest BCUT2D eigenvalue weighted by Crippen LogP contribution is -2.18. The Hall–Kier alpha value is -4.87. The summed E-state index contributed by atoms with van der Waals surface area (Å²) in [5.74, 6) is -0.230. The molecule has 0 aliphatic heterocycles. The van der Waals surface area contributed by atoms with E-state index in [4.69, 9.17) is 9.47 Å². The zero-order valence-electron chi connectivity index (χ0n) is 20.2. The molecule has 9 nitrogen and oxygen atoms in total. The number of nitrogens with zero attached hydrogens (tertiary/aromatic N) is 2. The molecule has 38 heavy (non-hydrogen) atoms. The highest BCUT2D eigenvalue weighted by molar-refractivity contribution is 5.92. The number of aromatic nitrogens is 3. The number of carbonyl (C=O) groups excluding carboxylic acids is 2. The molecule has 0 aliphatic rings. The van der Waals surface area contributed by atoms with Crippen molar-refractivity contribution >= 4 is 34.4 Å². The Morgan fingerprint density at radius 2 is 1.87 bits per heavy atom. The van der Waals surface area contributed by atoms with Crippen LogP contribution >= 0.6 is 0 Å². The number of imidazole rings is 1. The van der Waals surface area contributed by atoms with E-state index in [0.29, 0.717) is 22.5 Å². The lowest BCUT2D eigenvalue weighted by molar-refractivity contribution is -0.139. The standard InChI is InChI=1S/C26H22F3N5O4/c1-3-4-16(35)14-37-23-8-5-15(11-19(23)26(27,28)29)32-25-33-20-7-6-17(12-21(20)34-25)38-18-9-10-31-22(13-18)24(36)30-2/h3-13H,14H2,1-2H3,(H,30,36)(H2,32,33,34). The van der Waals surface area contributed by atoms with Crippen LogP contribution in [0.1, 0.15) is 23.0 Å². The molecule has 12 heteroatoms. The molecule has 4 aromatic rings. The fourth-order valence-corrected chi connectivity index (χ4v) is 3.45. The number of hydrogen-bond donors (Lipinski definition) is 3. The van der Waals surface area contributed by atoms with E-state index in [0.717, 1.165) is 12.1 Å². The Kier molecular flexibility index (Phi) is 7.61. The first-order chi connectivity index (χ1) is 18.2. The highest BCUT2D eigenvalue weighted by atomic mass is 19.4. The van der Waals surface area contributed by atoms with E-state index in [1.807, 2.05) is 0 Å². The molecule has 2 heterocycles. The summed E-state index contributed by atoms with van der Waals surface area (Å²) in [6.45, 7) is 1.11. The molecule has 3 N–H and O–H groups in total. The summed E-state index contributed by atoms with van der Waals surface area (Å²) in [6.07, 6.45) is -0.557. The number of anilines is 2. The molecule has 196 valence electrons. The van der Waals surface area contributed by atoms with Crippen molar-refractivity contribution in [2.75, 3.05) is 19.0 Å². The topological polar surface area (TPSA) is 118 Å². The van der Waals surface area contributed by atoms with E-state index in [9.17, 15) is 22.8 Å². The fraction of sp³-hybridized carbons (Fsp3) is 0.154. The zero-order chi connectivity index (χ0) is 27.3. The number of rotatable bonds is 9. The lowest BCUT2D eigenvalue weighted by atomic mass is 10.1. The van der Waals surface area contributed by atoms with E-state index >= 15 is 0 Å². The first-order valence-electron chi connectivity index (χ1n) is 11.3. The van der Waals surface area contributed by atoms with Crippen LogP contribution in [0.5, 0.6) is 17.2 Å². The van der Waals surface area contributed by atoms with Crippen LogP contribution in [0.25, 0.3) is 11.0 Å². The SMILES string of the molecule is CC=CC(=O)COc1ccc(Nc2nc3ccc(Oc4ccnc(C(=O)NC)c4)cc3[nH]2)cc1C(F)(F)F. The third-order valence-electron chi connectivity index (χ3n) is 5.15. The molecule has 1 amide bonds. The maximum Gasteiger partial charge on any atom is 0.420 e. The Morgan fingerprint density at radius 3 is 2.61 bits per heavy atom. The number of allylic oxidation sites excluding steroid dienone is 1. The monoisotopic (exact) mass is 525 g/mol. The molecule has 0 unspecified atom stereocenters. The van der Waals surface area contributed by atoms with Crippen molar-refractivity contribution in [2.45, 2.75) is 13.1 Å². The third-order valence-corrected chi connectivity index (χ3v) is 5.15. The number of hydrogen-bond acceptors (Lipinski definition) is 7. The van der Waals surface area contributed by atoms with Gasteiger partial charge in [0, 0.05) is 31.1 Å². The van der Waals surface area contributed by atoms with Gasteiger partial charge in [-0.2, -0.15) is 13.2 Å². The minimum atomic E-state index is -4.71. The van der Waals surface area contributed by atoms with Crippen molar-refractivity contribution in [1.82, 2.24) is 20.3 Å². The Morgan fingerprint density at radius 1 is 1.08 bits per heavy atom. The van der Waals surface area contributed by atoms with Gasteiger partial charge in [0.05, 0.1) is 16.6 Å². The van der Waals surface area contributed by atoms with Gasteiger partial charge in [0.15, 0.2) is 12.4 Å². The van der Waals surface area contributed by atoms with Crippen LogP contribution in [0.3, 0.4) is 0 Å². The molecule has 0 bridgehead atoms. The number of nitrogens with one attached hydrogen (secondary N) is 3. The molecule has 0 saturated heterocycles. The number of alkyl halides is 3. The number of benzene rings is 2. The molecular formula is C26H22F3N5O4. The van der Waals surface area contributed by atoms with Crippen molar-refractivity contribution in [3.63, 3.8) is 0 Å². The zero-order valence-corrected chi connectivity index (χ0v) is 20.2. The summed E-state index contributed by atoms with van der Waals surface area (Å²) in [5, 5.41) is 5.31. The Balaban J connectivity index is 1.53. The van der Waals surface area contributed by atoms with E-state index in [-0.39, 0.29) is 23.2 Å². The average Bonchev–Trinajstić information content (AvgIpc) is 3.28. The predicted molar refractivity (Wildman–Crippen MR) is 134 cm³/mol. The summed E-state index contributed by atoms with van der Waals surface area (Å²) >= 11 is 0. The number of pyridine rings is 1. The molecule has 0 aliphatic carbocycles. The van der Waals surface area contributed by atoms with E-state index in [1.54, 1.807) is 31.2 Å². The minimum Gasteiger partial charge on any atom is -0.485 e. The summed E-state index contributed by atoms with van der Waals surface area (Å²) < 4.78 is 51.9. The number of halogens is 3. The van der Waals surface area contributed by atoms with Crippen LogP contribution in [0.2, 0.25) is 0 Å². The third kappa shape index (κ3) is 6.27. The van der Waals surface area contributed by atoms with Crippen molar-refractivity contribution in [3.8, 4) is 17.2 Å². The van der Waals surface area contributed by atoms with E-state index < -0.39 is 29.9 Å². The molecule has 0 saturated carbocycles. The van der Waals surface area contributed by atoms with E-state index in [2.05, 4.69) is 25.6 Å². The number of carbonyl (C=O) groups is 2. The first kappa shape index (κ1) is 26.2. The second kappa shape index (κ2) is 11.0. The highest BCUT2D eigenvalue weighted by Crippen LogP contribution is 2.38. The first-order valence-corrected chi connectivity index (χ1v) is 11.3. The summed E-state index contributed by atoms with van der Waals surface area (Å²) in [4.78, 5) is 34.7. The molecule has 0 fully saturated rings. The van der Waals surface area contributed by atoms with Gasteiger partial charge in [0.25, 0.3) is 5.91 Å². The largest absolute Gasteiger partial charge is 0.485 e. The maximum atomic E-state index is 13.6. The van der Waals surface area contributed by atoms with Crippen LogP contribution < -0.4 is 20.1 Å². The summed E-state index contributed by atoms with van der Waals surface area (Å²) in [5.41, 5.74) is 0.371. The number of aromatic amines is 1. The van der Waals surface area contributed by atoms with Crippen molar-refractivity contribution in [1.29, 1.82) is 0 Å². The number of ketones is 1. The second-order valence-corrected chi connectivity index (χ2v) is 7.91. The molecule has 2 aromatic heterocycles. The average molecular weight is 525 g/mol. The van der Waals surface area contributed by atoms with Crippen molar-refractivity contribution in [2.24, 2.45) is 0 Å². The van der Waals surface area contributed by atoms with Crippen molar-refractivity contribution < 1.29 is 32.2 Å². The van der Waals surface area contributed by atoms with Gasteiger partial charge in [-0.05, 0) is 49.4 Å². The van der Waals surface area contributed by atoms with Gasteiger partial charge in [0.2, 0.25) is 5.95 Å². The quantitative estimate of drug-likeness (QED) is 0.251. The van der Waals surface area contributed by atoms with Crippen LogP contribution in [0, 0.1) is 0 Å². The summed E-state index contributed by atoms with van der Waals surface area (Å²) in [6, 6.07) is 11.5. The molecular weight excluding hydrogens is 503 g/mol.